The molecule has 1 unspecified atom stereocenters. The number of hydrogen-bond acceptors (Lipinski definition) is 2. The summed E-state index contributed by atoms with van der Waals surface area (Å²) in [4.78, 5) is 19.7. The first kappa shape index (κ1) is 16.7. The van der Waals surface area contributed by atoms with Crippen LogP contribution in [0.2, 0.25) is 0 Å². The first-order chi connectivity index (χ1) is 11.5. The summed E-state index contributed by atoms with van der Waals surface area (Å²) in [6.45, 7) is 1.70. The SMILES string of the molecule is CN(C)C(Cc1ccc(C(=O)N2CCCC2)[nH]1)c1ccc(F)cc1. The molecule has 1 aliphatic rings. The third-order valence-electron chi connectivity index (χ3n) is 4.66. The molecule has 1 atom stereocenters. The highest BCUT2D eigenvalue weighted by atomic mass is 19.1. The van der Waals surface area contributed by atoms with Gasteiger partial charge in [0.15, 0.2) is 0 Å². The molecule has 0 saturated carbocycles. The van der Waals surface area contributed by atoms with Gasteiger partial charge in [-0.25, -0.2) is 4.39 Å². The van der Waals surface area contributed by atoms with Crippen LogP contribution in [0, 0.1) is 5.82 Å². The monoisotopic (exact) mass is 329 g/mol. The van der Waals surface area contributed by atoms with Gasteiger partial charge in [-0.2, -0.15) is 0 Å². The highest BCUT2D eigenvalue weighted by Crippen LogP contribution is 2.23. The fraction of sp³-hybridized carbons (Fsp3) is 0.421. The minimum atomic E-state index is -0.227. The normalized spacial score (nSPS) is 15.9. The number of nitrogens with zero attached hydrogens (tertiary/aromatic N) is 2. The molecule has 2 heterocycles. The number of carbonyl (C=O) groups excluding carboxylic acids is 1. The average molecular weight is 329 g/mol. The van der Waals surface area contributed by atoms with Crippen molar-refractivity contribution >= 4 is 5.91 Å². The number of amides is 1. The topological polar surface area (TPSA) is 39.3 Å². The number of benzene rings is 1. The van der Waals surface area contributed by atoms with E-state index in [2.05, 4.69) is 9.88 Å². The summed E-state index contributed by atoms with van der Waals surface area (Å²) < 4.78 is 13.2. The highest BCUT2D eigenvalue weighted by molar-refractivity contribution is 5.92. The lowest BCUT2D eigenvalue weighted by Crippen LogP contribution is -2.28. The highest BCUT2D eigenvalue weighted by Gasteiger charge is 2.22. The second kappa shape index (κ2) is 7.18. The number of likely N-dealkylation sites (N-methyl/N-ethyl adjacent to an activating group) is 1. The fourth-order valence-electron chi connectivity index (χ4n) is 3.27. The van der Waals surface area contributed by atoms with Crippen LogP contribution in [0.4, 0.5) is 4.39 Å². The number of carbonyl (C=O) groups is 1. The molecule has 1 aromatic heterocycles. The Labute approximate surface area is 142 Å². The number of nitrogens with one attached hydrogen (secondary N) is 1. The van der Waals surface area contributed by atoms with E-state index in [1.165, 1.54) is 12.1 Å². The molecule has 0 aliphatic carbocycles. The van der Waals surface area contributed by atoms with E-state index in [0.717, 1.165) is 43.6 Å². The Morgan fingerprint density at radius 2 is 1.83 bits per heavy atom. The second-order valence-electron chi connectivity index (χ2n) is 6.63. The van der Waals surface area contributed by atoms with Gasteiger partial charge in [-0.15, -0.1) is 0 Å². The van der Waals surface area contributed by atoms with E-state index in [-0.39, 0.29) is 17.8 Å². The van der Waals surface area contributed by atoms with Gasteiger partial charge in [0.05, 0.1) is 0 Å². The Kier molecular flexibility index (Phi) is 5.00. The molecule has 1 aliphatic heterocycles. The van der Waals surface area contributed by atoms with Crippen molar-refractivity contribution in [2.75, 3.05) is 27.2 Å². The molecule has 0 radical (unpaired) electrons. The van der Waals surface area contributed by atoms with Gasteiger partial charge in [-0.3, -0.25) is 4.79 Å². The van der Waals surface area contributed by atoms with Gasteiger partial charge >= 0.3 is 0 Å². The first-order valence-corrected chi connectivity index (χ1v) is 8.43. The van der Waals surface area contributed by atoms with Crippen molar-refractivity contribution in [1.82, 2.24) is 14.8 Å². The quantitative estimate of drug-likeness (QED) is 0.915. The summed E-state index contributed by atoms with van der Waals surface area (Å²) in [5, 5.41) is 0. The lowest BCUT2D eigenvalue weighted by molar-refractivity contribution is 0.0787. The lowest BCUT2D eigenvalue weighted by atomic mass is 10.0. The van der Waals surface area contributed by atoms with E-state index in [4.69, 9.17) is 0 Å². The molecule has 5 heteroatoms. The number of hydrogen-bond donors (Lipinski definition) is 1. The minimum Gasteiger partial charge on any atom is -0.354 e. The van der Waals surface area contributed by atoms with Crippen LogP contribution >= 0.6 is 0 Å². The second-order valence-corrected chi connectivity index (χ2v) is 6.63. The zero-order chi connectivity index (χ0) is 17.1. The molecule has 1 N–H and O–H groups in total. The number of aromatic nitrogens is 1. The van der Waals surface area contributed by atoms with Crippen LogP contribution in [-0.4, -0.2) is 47.9 Å². The van der Waals surface area contributed by atoms with Crippen LogP contribution in [0.3, 0.4) is 0 Å². The molecule has 0 bridgehead atoms. The fourth-order valence-corrected chi connectivity index (χ4v) is 3.27. The maximum atomic E-state index is 13.2. The molecular weight excluding hydrogens is 305 g/mol. The van der Waals surface area contributed by atoms with Crippen molar-refractivity contribution in [3.63, 3.8) is 0 Å². The molecule has 2 aromatic rings. The molecule has 128 valence electrons. The summed E-state index contributed by atoms with van der Waals surface area (Å²) >= 11 is 0. The number of halogens is 1. The zero-order valence-corrected chi connectivity index (χ0v) is 14.3. The number of likely N-dealkylation sites (tertiary alicyclic amines) is 1. The Morgan fingerprint density at radius 3 is 2.46 bits per heavy atom. The molecule has 1 amide bonds. The number of H-pyrrole nitrogens is 1. The van der Waals surface area contributed by atoms with Crippen LogP contribution in [0.5, 0.6) is 0 Å². The lowest BCUT2D eigenvalue weighted by Gasteiger charge is -2.24. The number of aromatic amines is 1. The molecule has 4 nitrogen and oxygen atoms in total. The van der Waals surface area contributed by atoms with E-state index in [9.17, 15) is 9.18 Å². The molecule has 24 heavy (non-hydrogen) atoms. The van der Waals surface area contributed by atoms with Crippen LogP contribution in [-0.2, 0) is 6.42 Å². The van der Waals surface area contributed by atoms with Crippen LogP contribution in [0.25, 0.3) is 0 Å². The molecule has 1 saturated heterocycles. The molecule has 1 fully saturated rings. The maximum absolute atomic E-state index is 13.2. The van der Waals surface area contributed by atoms with Gasteiger partial charge in [0.2, 0.25) is 0 Å². The summed E-state index contributed by atoms with van der Waals surface area (Å²) in [7, 11) is 4.01. The van der Waals surface area contributed by atoms with Crippen LogP contribution < -0.4 is 0 Å². The van der Waals surface area contributed by atoms with Crippen molar-refractivity contribution in [3.05, 3.63) is 59.2 Å². The van der Waals surface area contributed by atoms with Crippen molar-refractivity contribution in [3.8, 4) is 0 Å². The van der Waals surface area contributed by atoms with Crippen LogP contribution in [0.1, 0.15) is 40.6 Å². The summed E-state index contributed by atoms with van der Waals surface area (Å²) in [5.74, 6) is -0.142. The van der Waals surface area contributed by atoms with Gasteiger partial charge in [0.1, 0.15) is 11.5 Å². The standard InChI is InChI=1S/C19H24FN3O/c1-22(2)18(14-5-7-15(20)8-6-14)13-16-9-10-17(21-16)19(24)23-11-3-4-12-23/h5-10,18,21H,3-4,11-13H2,1-2H3. The smallest absolute Gasteiger partial charge is 0.270 e. The third-order valence-corrected chi connectivity index (χ3v) is 4.66. The van der Waals surface area contributed by atoms with Crippen molar-refractivity contribution in [1.29, 1.82) is 0 Å². The minimum absolute atomic E-state index is 0.0851. The van der Waals surface area contributed by atoms with Gasteiger partial charge in [-0.1, -0.05) is 12.1 Å². The van der Waals surface area contributed by atoms with Crippen molar-refractivity contribution < 1.29 is 9.18 Å². The van der Waals surface area contributed by atoms with Crippen molar-refractivity contribution in [2.24, 2.45) is 0 Å². The van der Waals surface area contributed by atoms with E-state index in [1.54, 1.807) is 0 Å². The zero-order valence-electron chi connectivity index (χ0n) is 14.3. The van der Waals surface area contributed by atoms with Gasteiger partial charge in [0.25, 0.3) is 5.91 Å². The summed E-state index contributed by atoms with van der Waals surface area (Å²) in [6, 6.07) is 10.6. The predicted molar refractivity (Wildman–Crippen MR) is 92.5 cm³/mol. The molecule has 1 aromatic carbocycles. The molecule has 0 spiro atoms. The van der Waals surface area contributed by atoms with Crippen LogP contribution in [0.15, 0.2) is 36.4 Å². The summed E-state index contributed by atoms with van der Waals surface area (Å²) in [5.41, 5.74) is 2.73. The largest absolute Gasteiger partial charge is 0.354 e. The van der Waals surface area contributed by atoms with Gasteiger partial charge < -0.3 is 14.8 Å². The number of rotatable bonds is 5. The summed E-state index contributed by atoms with van der Waals surface area (Å²) in [6.07, 6.45) is 2.92. The Morgan fingerprint density at radius 1 is 1.17 bits per heavy atom. The van der Waals surface area contributed by atoms with Crippen molar-refractivity contribution in [2.45, 2.75) is 25.3 Å². The Balaban J connectivity index is 1.73. The van der Waals surface area contributed by atoms with Gasteiger partial charge in [0, 0.05) is 31.2 Å². The molecular formula is C19H24FN3O. The Hall–Kier alpha value is -2.14. The Bertz CT molecular complexity index is 687. The van der Waals surface area contributed by atoms with E-state index < -0.39 is 0 Å². The third kappa shape index (κ3) is 3.67. The predicted octanol–water partition coefficient (Wildman–Crippen LogP) is 3.24. The molecule has 3 rings (SSSR count). The van der Waals surface area contributed by atoms with E-state index in [0.29, 0.717) is 5.69 Å². The van der Waals surface area contributed by atoms with E-state index in [1.807, 2.05) is 43.3 Å². The maximum Gasteiger partial charge on any atom is 0.270 e. The first-order valence-electron chi connectivity index (χ1n) is 8.43. The van der Waals surface area contributed by atoms with Gasteiger partial charge in [-0.05, 0) is 56.8 Å². The van der Waals surface area contributed by atoms with E-state index >= 15 is 0 Å². The average Bonchev–Trinajstić information content (AvgIpc) is 3.24.